The molecule has 0 aliphatic rings. The number of hydrogen-bond acceptors (Lipinski definition) is 4. The molecule has 0 saturated carbocycles. The first-order chi connectivity index (χ1) is 12.6. The van der Waals surface area contributed by atoms with E-state index >= 15 is 0 Å². The Bertz CT molecular complexity index is 1040. The van der Waals surface area contributed by atoms with Crippen molar-refractivity contribution in [1.82, 2.24) is 19.7 Å². The SMILES string of the molecule is CC(C)c1cccc(C(C)C)c1-n1ncnc1-c1[c-]ccc2ncoc12.[Ir]. The van der Waals surface area contributed by atoms with Crippen molar-refractivity contribution in [2.24, 2.45) is 0 Å². The summed E-state index contributed by atoms with van der Waals surface area (Å²) in [6.07, 6.45) is 3.03. The largest absolute Gasteiger partial charge is 0.490 e. The van der Waals surface area contributed by atoms with Crippen LogP contribution in [-0.4, -0.2) is 19.7 Å². The van der Waals surface area contributed by atoms with Crippen molar-refractivity contribution in [2.45, 2.75) is 39.5 Å². The van der Waals surface area contributed by atoms with E-state index in [0.717, 1.165) is 16.8 Å². The summed E-state index contributed by atoms with van der Waals surface area (Å²) in [6.45, 7) is 8.79. The Morgan fingerprint density at radius 1 is 1.00 bits per heavy atom. The van der Waals surface area contributed by atoms with Crippen molar-refractivity contribution in [3.05, 3.63) is 60.2 Å². The van der Waals surface area contributed by atoms with Gasteiger partial charge in [0, 0.05) is 25.6 Å². The fourth-order valence-corrected chi connectivity index (χ4v) is 3.33. The number of fused-ring (bicyclic) bond motifs is 1. The summed E-state index contributed by atoms with van der Waals surface area (Å²) >= 11 is 0. The van der Waals surface area contributed by atoms with Crippen LogP contribution in [-0.2, 0) is 20.1 Å². The Balaban J connectivity index is 0.00000210. The predicted octanol–water partition coefficient (Wildman–Crippen LogP) is 5.12. The van der Waals surface area contributed by atoms with E-state index in [1.54, 1.807) is 6.33 Å². The van der Waals surface area contributed by atoms with Crippen molar-refractivity contribution in [3.63, 3.8) is 0 Å². The van der Waals surface area contributed by atoms with Crippen molar-refractivity contribution in [1.29, 1.82) is 0 Å². The van der Waals surface area contributed by atoms with Gasteiger partial charge in [0.25, 0.3) is 0 Å². The Labute approximate surface area is 172 Å². The molecule has 141 valence electrons. The van der Waals surface area contributed by atoms with Gasteiger partial charge >= 0.3 is 0 Å². The van der Waals surface area contributed by atoms with Gasteiger partial charge in [-0.3, -0.25) is 9.67 Å². The molecule has 0 N–H and O–H groups in total. The molecular formula is C21H21IrN4O-. The second-order valence-electron chi connectivity index (χ2n) is 7.01. The van der Waals surface area contributed by atoms with Crippen molar-refractivity contribution in [2.75, 3.05) is 0 Å². The first-order valence-corrected chi connectivity index (χ1v) is 8.85. The summed E-state index contributed by atoms with van der Waals surface area (Å²) in [7, 11) is 0. The Morgan fingerprint density at radius 3 is 2.37 bits per heavy atom. The molecule has 27 heavy (non-hydrogen) atoms. The molecule has 6 heteroatoms. The monoisotopic (exact) mass is 538 g/mol. The maximum atomic E-state index is 5.60. The van der Waals surface area contributed by atoms with Gasteiger partial charge in [0.05, 0.1) is 17.1 Å². The van der Waals surface area contributed by atoms with Crippen LogP contribution in [0.2, 0.25) is 0 Å². The predicted molar refractivity (Wildman–Crippen MR) is 101 cm³/mol. The van der Waals surface area contributed by atoms with Crippen molar-refractivity contribution in [3.8, 4) is 17.1 Å². The van der Waals surface area contributed by atoms with E-state index in [9.17, 15) is 0 Å². The first-order valence-electron chi connectivity index (χ1n) is 8.85. The smallest absolute Gasteiger partial charge is 0.169 e. The van der Waals surface area contributed by atoms with E-state index < -0.39 is 0 Å². The van der Waals surface area contributed by atoms with Gasteiger partial charge in [0.1, 0.15) is 6.33 Å². The Morgan fingerprint density at radius 2 is 1.70 bits per heavy atom. The number of para-hydroxylation sites is 1. The molecular weight excluding hydrogens is 516 g/mol. The summed E-state index contributed by atoms with van der Waals surface area (Å²) in [5.41, 5.74) is 5.81. The standard InChI is InChI=1S/C21H21N4O.Ir/c1-13(2)15-7-5-8-16(14(3)4)19(15)25-21(22-11-24-25)17-9-6-10-18-20(17)26-12-23-18;/h5-8,10-14H,1-4H3;/q-1;. The summed E-state index contributed by atoms with van der Waals surface area (Å²) in [5.74, 6) is 1.44. The van der Waals surface area contributed by atoms with Crippen molar-refractivity contribution < 1.29 is 24.5 Å². The van der Waals surface area contributed by atoms with E-state index in [4.69, 9.17) is 4.42 Å². The zero-order chi connectivity index (χ0) is 18.3. The summed E-state index contributed by atoms with van der Waals surface area (Å²) in [5, 5.41) is 4.56. The molecule has 0 aliphatic carbocycles. The average Bonchev–Trinajstić information content (AvgIpc) is 3.29. The molecule has 2 aromatic heterocycles. The topological polar surface area (TPSA) is 56.7 Å². The van der Waals surface area contributed by atoms with Gasteiger partial charge in [0.15, 0.2) is 6.39 Å². The van der Waals surface area contributed by atoms with Gasteiger partial charge in [-0.05, 0) is 23.0 Å². The number of oxazole rings is 1. The molecule has 4 rings (SSSR count). The van der Waals surface area contributed by atoms with Crippen LogP contribution in [0, 0.1) is 6.07 Å². The quantitative estimate of drug-likeness (QED) is 0.339. The summed E-state index contributed by atoms with van der Waals surface area (Å²) in [4.78, 5) is 8.77. The molecule has 4 aromatic rings. The second kappa shape index (κ2) is 7.75. The molecule has 2 heterocycles. The zero-order valence-electron chi connectivity index (χ0n) is 15.7. The normalized spacial score (nSPS) is 11.3. The number of nitrogens with zero attached hydrogens (tertiary/aromatic N) is 4. The van der Waals surface area contributed by atoms with Crippen LogP contribution in [0.3, 0.4) is 0 Å². The first kappa shape index (κ1) is 19.5. The van der Waals surface area contributed by atoms with Gasteiger partial charge in [-0.1, -0.05) is 51.5 Å². The minimum absolute atomic E-state index is 0. The van der Waals surface area contributed by atoms with E-state index in [1.807, 2.05) is 16.8 Å². The van der Waals surface area contributed by atoms with E-state index in [1.165, 1.54) is 17.5 Å². The number of aromatic nitrogens is 4. The molecule has 0 aliphatic heterocycles. The Hall–Kier alpha value is -2.30. The second-order valence-corrected chi connectivity index (χ2v) is 7.01. The minimum Gasteiger partial charge on any atom is -0.490 e. The van der Waals surface area contributed by atoms with Gasteiger partial charge < -0.3 is 4.42 Å². The van der Waals surface area contributed by atoms with E-state index in [-0.39, 0.29) is 20.1 Å². The number of hydrogen-bond donors (Lipinski definition) is 0. The van der Waals surface area contributed by atoms with Crippen molar-refractivity contribution >= 4 is 11.1 Å². The van der Waals surface area contributed by atoms with Gasteiger partial charge in [-0.2, -0.15) is 5.10 Å². The maximum Gasteiger partial charge on any atom is 0.169 e. The van der Waals surface area contributed by atoms with Gasteiger partial charge in [0.2, 0.25) is 0 Å². The maximum absolute atomic E-state index is 5.60. The molecule has 0 atom stereocenters. The number of rotatable bonds is 4. The fraction of sp³-hybridized carbons (Fsp3) is 0.286. The molecule has 0 unspecified atom stereocenters. The van der Waals surface area contributed by atoms with Crippen LogP contribution >= 0.6 is 0 Å². The van der Waals surface area contributed by atoms with Crippen LogP contribution in [0.25, 0.3) is 28.2 Å². The van der Waals surface area contributed by atoms with Crippen LogP contribution in [0.15, 0.2) is 47.5 Å². The third-order valence-corrected chi connectivity index (χ3v) is 4.62. The third kappa shape index (κ3) is 3.35. The zero-order valence-corrected chi connectivity index (χ0v) is 18.1. The third-order valence-electron chi connectivity index (χ3n) is 4.62. The number of benzene rings is 2. The van der Waals surface area contributed by atoms with Crippen LogP contribution in [0.5, 0.6) is 0 Å². The molecule has 0 saturated heterocycles. The molecule has 1 radical (unpaired) electrons. The summed E-state index contributed by atoms with van der Waals surface area (Å²) < 4.78 is 7.51. The average molecular weight is 538 g/mol. The molecule has 0 bridgehead atoms. The van der Waals surface area contributed by atoms with Crippen LogP contribution in [0.1, 0.15) is 50.7 Å². The molecule has 2 aromatic carbocycles. The van der Waals surface area contributed by atoms with Gasteiger partial charge in [-0.15, -0.1) is 18.2 Å². The molecule has 0 amide bonds. The fourth-order valence-electron chi connectivity index (χ4n) is 3.33. The molecule has 5 nitrogen and oxygen atoms in total. The van der Waals surface area contributed by atoms with E-state index in [0.29, 0.717) is 23.2 Å². The minimum atomic E-state index is 0. The molecule has 0 fully saturated rings. The van der Waals surface area contributed by atoms with Gasteiger partial charge in [-0.25, -0.2) is 4.98 Å². The Kier molecular flexibility index (Phi) is 5.58. The summed E-state index contributed by atoms with van der Waals surface area (Å²) in [6, 6.07) is 13.4. The molecule has 0 spiro atoms. The van der Waals surface area contributed by atoms with E-state index in [2.05, 4.69) is 67.0 Å². The van der Waals surface area contributed by atoms with Crippen LogP contribution in [0.4, 0.5) is 0 Å². The van der Waals surface area contributed by atoms with Crippen LogP contribution < -0.4 is 0 Å².